The first-order valence-electron chi connectivity index (χ1n) is 7.67. The lowest BCUT2D eigenvalue weighted by Crippen LogP contribution is -2.44. The van der Waals surface area contributed by atoms with E-state index >= 15 is 0 Å². The molecular formula is C16H27IN4O. The van der Waals surface area contributed by atoms with Gasteiger partial charge >= 0.3 is 0 Å². The van der Waals surface area contributed by atoms with E-state index in [0.29, 0.717) is 19.2 Å². The molecule has 0 saturated carbocycles. The van der Waals surface area contributed by atoms with E-state index in [1.54, 1.807) is 7.11 Å². The summed E-state index contributed by atoms with van der Waals surface area (Å²) in [6.45, 7) is 6.38. The smallest absolute Gasteiger partial charge is 0.191 e. The molecule has 1 aromatic rings. The first-order valence-corrected chi connectivity index (χ1v) is 7.67. The molecule has 0 radical (unpaired) electrons. The number of benzene rings is 1. The molecule has 5 nitrogen and oxygen atoms in total. The molecule has 22 heavy (non-hydrogen) atoms. The molecule has 1 aliphatic heterocycles. The highest BCUT2D eigenvalue weighted by Gasteiger charge is 2.23. The van der Waals surface area contributed by atoms with Crippen LogP contribution < -0.4 is 15.5 Å². The van der Waals surface area contributed by atoms with Crippen molar-refractivity contribution in [2.75, 3.05) is 44.8 Å². The molecule has 0 spiro atoms. The molecule has 0 amide bonds. The highest BCUT2D eigenvalue weighted by Crippen LogP contribution is 2.19. The Balaban J connectivity index is 0.00000242. The van der Waals surface area contributed by atoms with Crippen LogP contribution in [0, 0.1) is 0 Å². The van der Waals surface area contributed by atoms with Gasteiger partial charge in [-0.25, -0.2) is 0 Å². The van der Waals surface area contributed by atoms with Crippen LogP contribution in [0.5, 0.6) is 0 Å². The van der Waals surface area contributed by atoms with E-state index < -0.39 is 0 Å². The quantitative estimate of drug-likeness (QED) is 0.322. The van der Waals surface area contributed by atoms with Gasteiger partial charge in [-0.15, -0.1) is 24.0 Å². The van der Waals surface area contributed by atoms with Crippen molar-refractivity contribution in [3.8, 4) is 0 Å². The molecule has 1 aromatic carbocycles. The molecule has 6 heteroatoms. The van der Waals surface area contributed by atoms with Gasteiger partial charge in [0, 0.05) is 38.5 Å². The van der Waals surface area contributed by atoms with Crippen LogP contribution in [0.25, 0.3) is 0 Å². The lowest BCUT2D eigenvalue weighted by molar-refractivity contribution is 0.208. The van der Waals surface area contributed by atoms with Crippen LogP contribution in [0.3, 0.4) is 0 Å². The molecule has 0 aromatic heterocycles. The summed E-state index contributed by atoms with van der Waals surface area (Å²) in [5.41, 5.74) is 1.29. The first kappa shape index (κ1) is 19.0. The van der Waals surface area contributed by atoms with Gasteiger partial charge < -0.3 is 20.3 Å². The zero-order valence-corrected chi connectivity index (χ0v) is 15.7. The van der Waals surface area contributed by atoms with Crippen molar-refractivity contribution in [2.24, 2.45) is 4.99 Å². The van der Waals surface area contributed by atoms with Gasteiger partial charge in [0.05, 0.1) is 13.2 Å². The minimum Gasteiger partial charge on any atom is -0.383 e. The Morgan fingerprint density at radius 1 is 1.36 bits per heavy atom. The van der Waals surface area contributed by atoms with Gasteiger partial charge in [0.25, 0.3) is 0 Å². The van der Waals surface area contributed by atoms with E-state index in [2.05, 4.69) is 57.8 Å². The van der Waals surface area contributed by atoms with E-state index in [-0.39, 0.29) is 24.0 Å². The zero-order chi connectivity index (χ0) is 14.9. The maximum Gasteiger partial charge on any atom is 0.191 e. The molecule has 124 valence electrons. The van der Waals surface area contributed by atoms with Crippen LogP contribution in [0.2, 0.25) is 0 Å². The molecule has 1 heterocycles. The predicted octanol–water partition coefficient (Wildman–Crippen LogP) is 2.08. The summed E-state index contributed by atoms with van der Waals surface area (Å²) in [4.78, 5) is 6.93. The average Bonchev–Trinajstić information content (AvgIpc) is 2.97. The minimum absolute atomic E-state index is 0. The maximum atomic E-state index is 5.04. The highest BCUT2D eigenvalue weighted by atomic mass is 127. The van der Waals surface area contributed by atoms with Gasteiger partial charge in [-0.1, -0.05) is 18.2 Å². The standard InChI is InChI=1S/C16H26N4O.HI/c1-3-17-16(18-10-12-21-2)19-14-9-11-20(13-14)15-7-5-4-6-8-15;/h4-8,14H,3,9-13H2,1-2H3,(H2,17,18,19);1H. The van der Waals surface area contributed by atoms with Gasteiger partial charge in [0.15, 0.2) is 5.96 Å². The summed E-state index contributed by atoms with van der Waals surface area (Å²) in [6.07, 6.45) is 1.13. The van der Waals surface area contributed by atoms with Crippen LogP contribution in [-0.4, -0.2) is 51.9 Å². The number of hydrogen-bond acceptors (Lipinski definition) is 3. The molecule has 2 rings (SSSR count). The van der Waals surface area contributed by atoms with Gasteiger partial charge in [-0.3, -0.25) is 4.99 Å². The Labute approximate surface area is 150 Å². The van der Waals surface area contributed by atoms with Crippen molar-refractivity contribution in [1.29, 1.82) is 0 Å². The summed E-state index contributed by atoms with van der Waals surface area (Å²) >= 11 is 0. The number of aliphatic imine (C=N–C) groups is 1. The van der Waals surface area contributed by atoms with Gasteiger partial charge in [-0.05, 0) is 25.5 Å². The lowest BCUT2D eigenvalue weighted by Gasteiger charge is -2.20. The summed E-state index contributed by atoms with van der Waals surface area (Å²) in [5, 5.41) is 6.80. The minimum atomic E-state index is 0. The van der Waals surface area contributed by atoms with Crippen molar-refractivity contribution in [1.82, 2.24) is 10.6 Å². The summed E-state index contributed by atoms with van der Waals surface area (Å²) in [5.74, 6) is 0.884. The molecule has 1 fully saturated rings. The number of anilines is 1. The largest absolute Gasteiger partial charge is 0.383 e. The van der Waals surface area contributed by atoms with Crippen molar-refractivity contribution < 1.29 is 4.74 Å². The zero-order valence-electron chi connectivity index (χ0n) is 13.4. The number of ether oxygens (including phenoxy) is 1. The second-order valence-corrected chi connectivity index (χ2v) is 5.16. The van der Waals surface area contributed by atoms with Crippen molar-refractivity contribution in [3.05, 3.63) is 30.3 Å². The highest BCUT2D eigenvalue weighted by molar-refractivity contribution is 14.0. The van der Waals surface area contributed by atoms with Crippen LogP contribution in [0.1, 0.15) is 13.3 Å². The third-order valence-electron chi connectivity index (χ3n) is 3.56. The van der Waals surface area contributed by atoms with E-state index in [9.17, 15) is 0 Å². The second kappa shape index (κ2) is 10.7. The monoisotopic (exact) mass is 418 g/mol. The van der Waals surface area contributed by atoms with Crippen LogP contribution in [0.4, 0.5) is 5.69 Å². The second-order valence-electron chi connectivity index (χ2n) is 5.16. The van der Waals surface area contributed by atoms with Crippen LogP contribution >= 0.6 is 24.0 Å². The number of nitrogens with zero attached hydrogens (tertiary/aromatic N) is 2. The van der Waals surface area contributed by atoms with E-state index in [4.69, 9.17) is 4.74 Å². The van der Waals surface area contributed by atoms with Crippen LogP contribution in [-0.2, 0) is 4.74 Å². The molecule has 1 aliphatic rings. The van der Waals surface area contributed by atoms with E-state index in [0.717, 1.165) is 32.0 Å². The number of methoxy groups -OCH3 is 1. The maximum absolute atomic E-state index is 5.04. The fraction of sp³-hybridized carbons (Fsp3) is 0.562. The molecule has 1 saturated heterocycles. The normalized spacial score (nSPS) is 18.0. The molecule has 2 N–H and O–H groups in total. The Morgan fingerprint density at radius 3 is 2.82 bits per heavy atom. The first-order chi connectivity index (χ1) is 10.3. The summed E-state index contributed by atoms with van der Waals surface area (Å²) < 4.78 is 5.04. The van der Waals surface area contributed by atoms with Gasteiger partial charge in [0.2, 0.25) is 0 Å². The topological polar surface area (TPSA) is 48.9 Å². The fourth-order valence-corrected chi connectivity index (χ4v) is 2.51. The number of para-hydroxylation sites is 1. The number of guanidine groups is 1. The van der Waals surface area contributed by atoms with Crippen LogP contribution in [0.15, 0.2) is 35.3 Å². The molecule has 1 unspecified atom stereocenters. The molecule has 0 bridgehead atoms. The van der Waals surface area contributed by atoms with Crippen molar-refractivity contribution in [2.45, 2.75) is 19.4 Å². The lowest BCUT2D eigenvalue weighted by atomic mass is 10.3. The number of hydrogen-bond donors (Lipinski definition) is 2. The molecular weight excluding hydrogens is 391 g/mol. The van der Waals surface area contributed by atoms with Gasteiger partial charge in [-0.2, -0.15) is 0 Å². The predicted molar refractivity (Wildman–Crippen MR) is 103 cm³/mol. The Kier molecular flexibility index (Phi) is 9.22. The van der Waals surface area contributed by atoms with Gasteiger partial charge in [0.1, 0.15) is 0 Å². The SMILES string of the molecule is CCNC(=NCCOC)NC1CCN(c2ccccc2)C1.I. The Bertz CT molecular complexity index is 441. The van der Waals surface area contributed by atoms with Crippen molar-refractivity contribution in [3.63, 3.8) is 0 Å². The number of nitrogens with one attached hydrogen (secondary N) is 2. The molecule has 0 aliphatic carbocycles. The summed E-state index contributed by atoms with van der Waals surface area (Å²) in [6, 6.07) is 11.0. The van der Waals surface area contributed by atoms with Crippen molar-refractivity contribution >= 4 is 35.6 Å². The van der Waals surface area contributed by atoms with E-state index in [1.165, 1.54) is 5.69 Å². The Hall–Kier alpha value is -1.02. The third-order valence-corrected chi connectivity index (χ3v) is 3.56. The number of halogens is 1. The molecule has 1 atom stereocenters. The number of rotatable bonds is 6. The fourth-order valence-electron chi connectivity index (χ4n) is 2.51. The Morgan fingerprint density at radius 2 is 2.14 bits per heavy atom. The third kappa shape index (κ3) is 6.00. The summed E-state index contributed by atoms with van der Waals surface area (Å²) in [7, 11) is 1.70. The average molecular weight is 418 g/mol. The van der Waals surface area contributed by atoms with E-state index in [1.807, 2.05) is 0 Å².